The fraction of sp³-hybridized carbons (Fsp3) is 0. The number of hydrogen-bond acceptors (Lipinski definition) is 3. The van der Waals surface area contributed by atoms with Crippen molar-refractivity contribution in [3.63, 3.8) is 0 Å². The standard InChI is InChI=1S/C11H9BN2O2/c1-7-8(2)16-12(15-7)10-5-9-3-4-13-11(9)14-6-10/h3-6H,1-2H2,(H,13,14). The van der Waals surface area contributed by atoms with Gasteiger partial charge in [-0.3, -0.25) is 0 Å². The van der Waals surface area contributed by atoms with Crippen LogP contribution in [0.3, 0.4) is 0 Å². The molecule has 4 nitrogen and oxygen atoms in total. The topological polar surface area (TPSA) is 47.1 Å². The lowest BCUT2D eigenvalue weighted by Gasteiger charge is -2.02. The number of nitrogens with zero attached hydrogens (tertiary/aromatic N) is 1. The number of fused-ring (bicyclic) bond motifs is 1. The maximum absolute atomic E-state index is 5.42. The summed E-state index contributed by atoms with van der Waals surface area (Å²) in [5, 5.41) is 1.02. The van der Waals surface area contributed by atoms with Crippen molar-refractivity contribution in [3.05, 3.63) is 49.2 Å². The minimum atomic E-state index is -0.480. The van der Waals surface area contributed by atoms with Crippen LogP contribution in [-0.2, 0) is 9.31 Å². The Bertz CT molecular complexity index is 574. The Hall–Kier alpha value is -2.17. The van der Waals surface area contributed by atoms with Crippen molar-refractivity contribution in [2.24, 2.45) is 0 Å². The largest absolute Gasteiger partial charge is 0.634 e. The molecule has 0 aromatic carbocycles. The molecular formula is C11H9BN2O2. The molecule has 1 saturated heterocycles. The summed E-state index contributed by atoms with van der Waals surface area (Å²) < 4.78 is 10.8. The van der Waals surface area contributed by atoms with Crippen LogP contribution in [-0.4, -0.2) is 17.1 Å². The highest BCUT2D eigenvalue weighted by atomic mass is 16.6. The Balaban J connectivity index is 2.00. The van der Waals surface area contributed by atoms with Crippen LogP contribution in [0.25, 0.3) is 11.0 Å². The maximum atomic E-state index is 5.42. The number of aromatic nitrogens is 2. The second kappa shape index (κ2) is 3.16. The smallest absolute Gasteiger partial charge is 0.520 e. The number of nitrogens with one attached hydrogen (secondary N) is 1. The predicted molar refractivity (Wildman–Crippen MR) is 61.9 cm³/mol. The maximum Gasteiger partial charge on any atom is 0.634 e. The third-order valence-electron chi connectivity index (χ3n) is 2.50. The molecule has 0 bridgehead atoms. The lowest BCUT2D eigenvalue weighted by Crippen LogP contribution is -2.31. The van der Waals surface area contributed by atoms with Gasteiger partial charge in [-0.05, 0) is 12.1 Å². The Morgan fingerprint density at radius 2 is 2.00 bits per heavy atom. The van der Waals surface area contributed by atoms with E-state index in [1.807, 2.05) is 18.3 Å². The zero-order chi connectivity index (χ0) is 11.1. The fourth-order valence-corrected chi connectivity index (χ4v) is 1.64. The van der Waals surface area contributed by atoms with E-state index in [0.717, 1.165) is 16.5 Å². The van der Waals surface area contributed by atoms with E-state index < -0.39 is 7.12 Å². The van der Waals surface area contributed by atoms with E-state index >= 15 is 0 Å². The van der Waals surface area contributed by atoms with Gasteiger partial charge in [-0.2, -0.15) is 0 Å². The first-order valence-electron chi connectivity index (χ1n) is 4.88. The van der Waals surface area contributed by atoms with Crippen molar-refractivity contribution < 1.29 is 9.31 Å². The van der Waals surface area contributed by atoms with Crippen molar-refractivity contribution in [2.45, 2.75) is 0 Å². The van der Waals surface area contributed by atoms with Gasteiger partial charge in [-0.1, -0.05) is 13.2 Å². The summed E-state index contributed by atoms with van der Waals surface area (Å²) in [5.41, 5.74) is 1.70. The molecule has 16 heavy (non-hydrogen) atoms. The van der Waals surface area contributed by atoms with Crippen molar-refractivity contribution >= 4 is 23.6 Å². The zero-order valence-corrected chi connectivity index (χ0v) is 8.56. The lowest BCUT2D eigenvalue weighted by atomic mass is 9.80. The van der Waals surface area contributed by atoms with Gasteiger partial charge in [-0.25, -0.2) is 4.98 Å². The van der Waals surface area contributed by atoms with Crippen molar-refractivity contribution in [1.82, 2.24) is 9.97 Å². The molecule has 3 rings (SSSR count). The predicted octanol–water partition coefficient (Wildman–Crippen LogP) is 1.33. The molecule has 0 radical (unpaired) electrons. The second-order valence-corrected chi connectivity index (χ2v) is 3.60. The van der Waals surface area contributed by atoms with Gasteiger partial charge in [0, 0.05) is 23.2 Å². The van der Waals surface area contributed by atoms with Crippen LogP contribution in [0, 0.1) is 0 Å². The van der Waals surface area contributed by atoms with E-state index in [4.69, 9.17) is 9.31 Å². The Kier molecular flexibility index (Phi) is 1.80. The van der Waals surface area contributed by atoms with Gasteiger partial charge in [0.1, 0.15) is 17.2 Å². The molecule has 1 fully saturated rings. The Morgan fingerprint density at radius 3 is 2.75 bits per heavy atom. The fourth-order valence-electron chi connectivity index (χ4n) is 1.64. The lowest BCUT2D eigenvalue weighted by molar-refractivity contribution is 0.431. The van der Waals surface area contributed by atoms with E-state index in [2.05, 4.69) is 23.1 Å². The van der Waals surface area contributed by atoms with Gasteiger partial charge in [0.2, 0.25) is 0 Å². The van der Waals surface area contributed by atoms with E-state index in [0.29, 0.717) is 11.5 Å². The number of pyridine rings is 1. The molecule has 1 aliphatic heterocycles. The molecule has 1 aliphatic rings. The zero-order valence-electron chi connectivity index (χ0n) is 8.56. The first-order chi connectivity index (χ1) is 7.74. The van der Waals surface area contributed by atoms with Gasteiger partial charge in [-0.15, -0.1) is 0 Å². The molecule has 1 N–H and O–H groups in total. The van der Waals surface area contributed by atoms with Crippen LogP contribution >= 0.6 is 0 Å². The van der Waals surface area contributed by atoms with Gasteiger partial charge >= 0.3 is 7.12 Å². The molecule has 2 aromatic rings. The monoisotopic (exact) mass is 212 g/mol. The number of hydrogen-bond donors (Lipinski definition) is 1. The molecule has 0 atom stereocenters. The summed E-state index contributed by atoms with van der Waals surface area (Å²) in [7, 11) is -0.480. The first kappa shape index (κ1) is 9.09. The number of rotatable bonds is 1. The number of aromatic amines is 1. The third kappa shape index (κ3) is 1.29. The summed E-state index contributed by atoms with van der Waals surface area (Å²) in [5.74, 6) is 0.943. The van der Waals surface area contributed by atoms with Crippen LogP contribution < -0.4 is 5.46 Å². The van der Waals surface area contributed by atoms with Gasteiger partial charge in [0.15, 0.2) is 0 Å². The van der Waals surface area contributed by atoms with Crippen LogP contribution in [0.2, 0.25) is 0 Å². The summed E-state index contributed by atoms with van der Waals surface area (Å²) in [6.45, 7) is 7.38. The quantitative estimate of drug-likeness (QED) is 0.725. The highest BCUT2D eigenvalue weighted by Crippen LogP contribution is 2.20. The molecule has 0 amide bonds. The Morgan fingerprint density at radius 1 is 1.25 bits per heavy atom. The second-order valence-electron chi connectivity index (χ2n) is 3.60. The molecule has 5 heteroatoms. The highest BCUT2D eigenvalue weighted by molar-refractivity contribution is 6.62. The summed E-state index contributed by atoms with van der Waals surface area (Å²) in [6, 6.07) is 3.92. The summed E-state index contributed by atoms with van der Waals surface area (Å²) in [4.78, 5) is 7.29. The van der Waals surface area contributed by atoms with Crippen molar-refractivity contribution in [3.8, 4) is 0 Å². The number of H-pyrrole nitrogens is 1. The average molecular weight is 212 g/mol. The van der Waals surface area contributed by atoms with E-state index in [1.54, 1.807) is 6.20 Å². The minimum absolute atomic E-state index is 0.471. The van der Waals surface area contributed by atoms with Crippen LogP contribution in [0.5, 0.6) is 0 Å². The molecule has 0 unspecified atom stereocenters. The average Bonchev–Trinajstić information content (AvgIpc) is 2.85. The molecule has 0 spiro atoms. The van der Waals surface area contributed by atoms with Gasteiger partial charge < -0.3 is 14.3 Å². The van der Waals surface area contributed by atoms with E-state index in [-0.39, 0.29) is 0 Å². The third-order valence-corrected chi connectivity index (χ3v) is 2.50. The first-order valence-corrected chi connectivity index (χ1v) is 4.88. The van der Waals surface area contributed by atoms with Crippen LogP contribution in [0.1, 0.15) is 0 Å². The molecule has 3 heterocycles. The van der Waals surface area contributed by atoms with Crippen LogP contribution in [0.4, 0.5) is 0 Å². The molecule has 78 valence electrons. The molecule has 0 saturated carbocycles. The van der Waals surface area contributed by atoms with Gasteiger partial charge in [0.05, 0.1) is 0 Å². The summed E-state index contributed by atoms with van der Waals surface area (Å²) >= 11 is 0. The SMILES string of the molecule is C=C1OB(c2cnc3[nH]ccc3c2)OC1=C. The summed E-state index contributed by atoms with van der Waals surface area (Å²) in [6.07, 6.45) is 3.56. The minimum Gasteiger partial charge on any atom is -0.520 e. The molecule has 2 aromatic heterocycles. The van der Waals surface area contributed by atoms with Gasteiger partial charge in [0.25, 0.3) is 0 Å². The van der Waals surface area contributed by atoms with E-state index in [9.17, 15) is 0 Å². The molecular weight excluding hydrogens is 203 g/mol. The van der Waals surface area contributed by atoms with Crippen LogP contribution in [0.15, 0.2) is 49.2 Å². The molecule has 0 aliphatic carbocycles. The van der Waals surface area contributed by atoms with E-state index in [1.165, 1.54) is 0 Å². The van der Waals surface area contributed by atoms with Crippen molar-refractivity contribution in [1.29, 1.82) is 0 Å². The van der Waals surface area contributed by atoms with Crippen molar-refractivity contribution in [2.75, 3.05) is 0 Å². The Labute approximate surface area is 92.7 Å². The highest BCUT2D eigenvalue weighted by Gasteiger charge is 2.34. The normalized spacial score (nSPS) is 15.4.